The van der Waals surface area contributed by atoms with Gasteiger partial charge in [-0.1, -0.05) is 141 Å². The van der Waals surface area contributed by atoms with E-state index in [0.717, 1.165) is 17.1 Å². The quantitative estimate of drug-likeness (QED) is 0.203. The second-order valence-electron chi connectivity index (χ2n) is 12.9. The van der Waals surface area contributed by atoms with Crippen LogP contribution in [0.25, 0.3) is 33.0 Å². The molecule has 7 aromatic rings. The van der Waals surface area contributed by atoms with E-state index in [4.69, 9.17) is 4.74 Å². The van der Waals surface area contributed by atoms with Crippen LogP contribution in [0.2, 0.25) is 0 Å². The van der Waals surface area contributed by atoms with Gasteiger partial charge in [-0.25, -0.2) is 0 Å². The molecule has 45 heavy (non-hydrogen) atoms. The highest BCUT2D eigenvalue weighted by Crippen LogP contribution is 2.58. The number of fused-ring (bicyclic) bond motifs is 6. The highest BCUT2D eigenvalue weighted by molar-refractivity contribution is 5.96. The maximum absolute atomic E-state index is 6.54. The summed E-state index contributed by atoms with van der Waals surface area (Å²) < 4.78 is 6.54. The third kappa shape index (κ3) is 3.68. The van der Waals surface area contributed by atoms with Gasteiger partial charge in [0.2, 0.25) is 0 Å². The molecule has 9 rings (SSSR count). The Morgan fingerprint density at radius 1 is 0.400 bits per heavy atom. The Hall–Kier alpha value is -5.40. The van der Waals surface area contributed by atoms with Gasteiger partial charge in [0.15, 0.2) is 0 Å². The van der Waals surface area contributed by atoms with Crippen molar-refractivity contribution in [1.29, 1.82) is 0 Å². The average molecular weight is 577 g/mol. The summed E-state index contributed by atoms with van der Waals surface area (Å²) in [6, 6.07) is 57.9. The van der Waals surface area contributed by atoms with Gasteiger partial charge >= 0.3 is 0 Å². The van der Waals surface area contributed by atoms with Gasteiger partial charge in [-0.15, -0.1) is 0 Å². The van der Waals surface area contributed by atoms with Crippen molar-refractivity contribution in [1.82, 2.24) is 0 Å². The van der Waals surface area contributed by atoms with Gasteiger partial charge in [0.1, 0.15) is 11.5 Å². The molecule has 1 heteroatoms. The Bertz CT molecular complexity index is 2220. The summed E-state index contributed by atoms with van der Waals surface area (Å²) in [7, 11) is 0. The fourth-order valence-corrected chi connectivity index (χ4v) is 7.99. The molecule has 0 atom stereocenters. The molecule has 0 fully saturated rings. The Balaban J connectivity index is 1.30. The van der Waals surface area contributed by atoms with Gasteiger partial charge in [0.05, 0.1) is 5.41 Å². The second-order valence-corrected chi connectivity index (χ2v) is 12.9. The van der Waals surface area contributed by atoms with Crippen LogP contribution < -0.4 is 4.74 Å². The van der Waals surface area contributed by atoms with Crippen molar-refractivity contribution < 1.29 is 4.74 Å². The lowest BCUT2D eigenvalue weighted by molar-refractivity contribution is 0.418. The zero-order chi connectivity index (χ0) is 30.2. The first-order valence-corrected chi connectivity index (χ1v) is 15.8. The molecule has 0 radical (unpaired) electrons. The van der Waals surface area contributed by atoms with E-state index in [0.29, 0.717) is 0 Å². The van der Waals surface area contributed by atoms with Crippen molar-refractivity contribution in [2.45, 2.75) is 24.7 Å². The molecule has 0 bridgehead atoms. The van der Waals surface area contributed by atoms with Crippen LogP contribution in [-0.4, -0.2) is 0 Å². The number of benzene rings is 7. The predicted octanol–water partition coefficient (Wildman–Crippen LogP) is 11.3. The van der Waals surface area contributed by atoms with Crippen molar-refractivity contribution >= 4 is 10.8 Å². The lowest BCUT2D eigenvalue weighted by Crippen LogP contribution is -2.28. The summed E-state index contributed by atoms with van der Waals surface area (Å²) in [6.07, 6.45) is 0. The second kappa shape index (κ2) is 9.55. The molecule has 0 unspecified atom stereocenters. The molecule has 0 N–H and O–H groups in total. The third-order valence-electron chi connectivity index (χ3n) is 10.2. The van der Waals surface area contributed by atoms with Crippen molar-refractivity contribution in [2.75, 3.05) is 0 Å². The molecule has 1 nitrogen and oxygen atoms in total. The van der Waals surface area contributed by atoms with E-state index >= 15 is 0 Å². The smallest absolute Gasteiger partial charge is 0.132 e. The van der Waals surface area contributed by atoms with Crippen LogP contribution in [0.3, 0.4) is 0 Å². The van der Waals surface area contributed by atoms with Crippen LogP contribution in [0, 0.1) is 0 Å². The van der Waals surface area contributed by atoms with Crippen molar-refractivity contribution in [2.24, 2.45) is 0 Å². The van der Waals surface area contributed by atoms with Crippen LogP contribution in [0.15, 0.2) is 158 Å². The minimum absolute atomic E-state index is 0.139. The summed E-state index contributed by atoms with van der Waals surface area (Å²) in [4.78, 5) is 0. The minimum Gasteiger partial charge on any atom is -0.457 e. The third-order valence-corrected chi connectivity index (χ3v) is 10.2. The molecule has 0 amide bonds. The topological polar surface area (TPSA) is 9.23 Å². The molecule has 0 aromatic heterocycles. The molecular formula is C44H32O. The van der Waals surface area contributed by atoms with Gasteiger partial charge in [0.25, 0.3) is 0 Å². The van der Waals surface area contributed by atoms with Crippen LogP contribution in [0.5, 0.6) is 11.5 Å². The lowest BCUT2D eigenvalue weighted by Gasteiger charge is -2.35. The van der Waals surface area contributed by atoms with E-state index in [2.05, 4.69) is 172 Å². The summed E-state index contributed by atoms with van der Waals surface area (Å²) in [5.41, 5.74) is 12.0. The van der Waals surface area contributed by atoms with Gasteiger partial charge in [-0.2, -0.15) is 0 Å². The monoisotopic (exact) mass is 576 g/mol. The van der Waals surface area contributed by atoms with Gasteiger partial charge in [-0.3, -0.25) is 0 Å². The van der Waals surface area contributed by atoms with E-state index in [1.165, 1.54) is 60.8 Å². The molecule has 1 aliphatic heterocycles. The Labute approximate surface area is 264 Å². The Kier molecular flexibility index (Phi) is 5.53. The van der Waals surface area contributed by atoms with E-state index in [1.54, 1.807) is 0 Å². The molecule has 0 spiro atoms. The summed E-state index contributed by atoms with van der Waals surface area (Å²) in [6.45, 7) is 4.58. The maximum atomic E-state index is 6.54. The van der Waals surface area contributed by atoms with Crippen molar-refractivity contribution in [3.05, 3.63) is 191 Å². The fourth-order valence-electron chi connectivity index (χ4n) is 7.99. The fraction of sp³-hybridized carbons (Fsp3) is 0.0909. The van der Waals surface area contributed by atoms with Gasteiger partial charge in [0, 0.05) is 16.5 Å². The number of rotatable bonds is 3. The molecule has 1 aliphatic carbocycles. The Morgan fingerprint density at radius 2 is 0.956 bits per heavy atom. The first kappa shape index (κ1) is 26.0. The first-order chi connectivity index (χ1) is 22.0. The highest BCUT2D eigenvalue weighted by Gasteiger charge is 2.46. The maximum Gasteiger partial charge on any atom is 0.132 e. The van der Waals surface area contributed by atoms with Crippen LogP contribution in [0.1, 0.15) is 47.2 Å². The number of para-hydroxylation sites is 1. The number of ether oxygens (including phenoxy) is 1. The summed E-state index contributed by atoms with van der Waals surface area (Å²) in [5, 5.41) is 2.52. The molecular weight excluding hydrogens is 544 g/mol. The van der Waals surface area contributed by atoms with Crippen LogP contribution in [0.4, 0.5) is 0 Å². The van der Waals surface area contributed by atoms with E-state index in [9.17, 15) is 0 Å². The van der Waals surface area contributed by atoms with E-state index in [1.807, 2.05) is 0 Å². The zero-order valence-electron chi connectivity index (χ0n) is 25.4. The van der Waals surface area contributed by atoms with Crippen molar-refractivity contribution in [3.63, 3.8) is 0 Å². The molecule has 0 saturated heterocycles. The normalized spacial score (nSPS) is 15.0. The average Bonchev–Trinajstić information content (AvgIpc) is 3.37. The lowest BCUT2D eigenvalue weighted by atomic mass is 9.67. The zero-order valence-corrected chi connectivity index (χ0v) is 25.4. The standard InChI is InChI=1S/C44H32O/c1-43(2)37-19-11-12-20-41(37)45-42-28-32(22-24-38(42)43)31-21-23-35-36-25-29-13-9-10-14-30(29)26-40(36)44(39(35)27-31,33-15-5-3-6-16-33)34-17-7-4-8-18-34/h3-28H,1-2H3. The highest BCUT2D eigenvalue weighted by atomic mass is 16.5. The van der Waals surface area contributed by atoms with Crippen LogP contribution in [-0.2, 0) is 10.8 Å². The molecule has 7 aromatic carbocycles. The molecule has 214 valence electrons. The Morgan fingerprint density at radius 3 is 1.69 bits per heavy atom. The predicted molar refractivity (Wildman–Crippen MR) is 185 cm³/mol. The van der Waals surface area contributed by atoms with E-state index < -0.39 is 5.41 Å². The minimum atomic E-state index is -0.459. The summed E-state index contributed by atoms with van der Waals surface area (Å²) >= 11 is 0. The SMILES string of the molecule is CC1(C)c2ccccc2Oc2cc(-c3ccc4c(c3)C(c3ccccc3)(c3ccccc3)c3cc5ccccc5cc3-4)ccc21. The first-order valence-electron chi connectivity index (χ1n) is 15.8. The van der Waals surface area contributed by atoms with Gasteiger partial charge < -0.3 is 4.74 Å². The van der Waals surface area contributed by atoms with Gasteiger partial charge in [-0.05, 0) is 85.6 Å². The summed E-state index contributed by atoms with van der Waals surface area (Å²) in [5.74, 6) is 1.87. The molecule has 0 saturated carbocycles. The molecule has 2 aliphatic rings. The van der Waals surface area contributed by atoms with Crippen molar-refractivity contribution in [3.8, 4) is 33.8 Å². The number of hydrogen-bond acceptors (Lipinski definition) is 1. The largest absolute Gasteiger partial charge is 0.457 e. The molecule has 1 heterocycles. The van der Waals surface area contributed by atoms with E-state index in [-0.39, 0.29) is 5.41 Å². The number of hydrogen-bond donors (Lipinski definition) is 0. The van der Waals surface area contributed by atoms with Crippen LogP contribution >= 0.6 is 0 Å².